The largest absolute Gasteiger partial charge is 0.437 e. The summed E-state index contributed by atoms with van der Waals surface area (Å²) in [5.74, 6) is -1.37. The first-order valence-corrected chi connectivity index (χ1v) is 2.86. The first kappa shape index (κ1) is 8.32. The summed E-state index contributed by atoms with van der Waals surface area (Å²) in [6, 6.07) is 0. The molecule has 11 heavy (non-hydrogen) atoms. The first-order chi connectivity index (χ1) is 4.88. The van der Waals surface area contributed by atoms with Crippen LogP contribution in [0.2, 0.25) is 0 Å². The molecule has 3 nitrogen and oxygen atoms in total. The number of nitrogens with one attached hydrogen (secondary N) is 1. The Morgan fingerprint density at radius 2 is 2.18 bits per heavy atom. The van der Waals surface area contributed by atoms with Crippen LogP contribution in [-0.4, -0.2) is 23.4 Å². The normalized spacial score (nSPS) is 30.7. The topological polar surface area (TPSA) is 41.5 Å². The molecule has 1 unspecified atom stereocenters. The molecular formula is C4H2ClF3N2O. The Kier molecular flexibility index (Phi) is 1.59. The molecule has 1 rings (SSSR count). The molecule has 1 aliphatic rings. The van der Waals surface area contributed by atoms with Gasteiger partial charge >= 0.3 is 11.2 Å². The second kappa shape index (κ2) is 2.10. The molecule has 1 aliphatic heterocycles. The Morgan fingerprint density at radius 3 is 2.36 bits per heavy atom. The number of amides is 1. The number of nitrogens with zero attached hydrogens (tertiary/aromatic N) is 1. The van der Waals surface area contributed by atoms with Crippen molar-refractivity contribution in [1.82, 2.24) is 5.32 Å². The Morgan fingerprint density at radius 1 is 1.64 bits per heavy atom. The third-order valence-electron chi connectivity index (χ3n) is 1.11. The van der Waals surface area contributed by atoms with Crippen LogP contribution in [0.15, 0.2) is 4.99 Å². The molecule has 0 aromatic rings. The summed E-state index contributed by atoms with van der Waals surface area (Å²) >= 11 is 4.86. The van der Waals surface area contributed by atoms with Gasteiger partial charge in [-0.1, -0.05) is 11.6 Å². The maximum absolute atomic E-state index is 11.9. The Balaban J connectivity index is 2.99. The number of aliphatic imine (C=N–C) groups is 1. The number of halogens is 4. The van der Waals surface area contributed by atoms with E-state index in [1.807, 2.05) is 0 Å². The van der Waals surface area contributed by atoms with E-state index in [0.29, 0.717) is 6.34 Å². The van der Waals surface area contributed by atoms with Crippen LogP contribution in [-0.2, 0) is 4.79 Å². The van der Waals surface area contributed by atoms with Gasteiger partial charge in [-0.2, -0.15) is 13.2 Å². The standard InChI is InChI=1S/C4H2ClF3N2O/c5-3(4(6,7)8)2(11)9-1-10-3/h1H,(H,9,10,11). The number of hydrogen-bond donors (Lipinski definition) is 1. The zero-order valence-electron chi connectivity index (χ0n) is 4.94. The van der Waals surface area contributed by atoms with Gasteiger partial charge in [0.05, 0.1) is 6.34 Å². The zero-order chi connectivity index (χ0) is 8.70. The van der Waals surface area contributed by atoms with Crippen molar-refractivity contribution in [3.05, 3.63) is 0 Å². The van der Waals surface area contributed by atoms with Crippen LogP contribution < -0.4 is 5.32 Å². The van der Waals surface area contributed by atoms with Crippen molar-refractivity contribution in [2.45, 2.75) is 11.2 Å². The average Bonchev–Trinajstić information content (AvgIpc) is 2.12. The van der Waals surface area contributed by atoms with Crippen LogP contribution in [0, 0.1) is 0 Å². The predicted molar refractivity (Wildman–Crippen MR) is 31.3 cm³/mol. The van der Waals surface area contributed by atoms with Gasteiger partial charge in [0, 0.05) is 0 Å². The smallest absolute Gasteiger partial charge is 0.314 e. The summed E-state index contributed by atoms with van der Waals surface area (Å²) in [6.07, 6.45) is -4.23. The summed E-state index contributed by atoms with van der Waals surface area (Å²) in [6.45, 7) is 0. The van der Waals surface area contributed by atoms with E-state index in [1.165, 1.54) is 0 Å². The van der Waals surface area contributed by atoms with Gasteiger partial charge < -0.3 is 5.32 Å². The van der Waals surface area contributed by atoms with Crippen LogP contribution in [0.1, 0.15) is 0 Å². The van der Waals surface area contributed by atoms with Gasteiger partial charge in [-0.05, 0) is 0 Å². The van der Waals surface area contributed by atoms with E-state index in [4.69, 9.17) is 11.6 Å². The van der Waals surface area contributed by atoms with Gasteiger partial charge in [0.1, 0.15) is 0 Å². The van der Waals surface area contributed by atoms with Crippen molar-refractivity contribution in [2.75, 3.05) is 0 Å². The summed E-state index contributed by atoms with van der Waals surface area (Å²) < 4.78 is 35.7. The summed E-state index contributed by atoms with van der Waals surface area (Å²) in [7, 11) is 0. The lowest BCUT2D eigenvalue weighted by Crippen LogP contribution is -2.46. The summed E-state index contributed by atoms with van der Waals surface area (Å²) in [5, 5.41) is 1.73. The molecule has 0 spiro atoms. The van der Waals surface area contributed by atoms with Gasteiger partial charge in [-0.25, -0.2) is 4.99 Å². The highest BCUT2D eigenvalue weighted by Crippen LogP contribution is 2.38. The van der Waals surface area contributed by atoms with Crippen molar-refractivity contribution >= 4 is 23.8 Å². The molecule has 1 heterocycles. The SMILES string of the molecule is O=C1NC=NC1(Cl)C(F)(F)F. The summed E-state index contributed by atoms with van der Waals surface area (Å²) in [5.41, 5.74) is 0. The monoisotopic (exact) mass is 186 g/mol. The van der Waals surface area contributed by atoms with E-state index in [0.717, 1.165) is 0 Å². The van der Waals surface area contributed by atoms with Gasteiger partial charge in [0.15, 0.2) is 0 Å². The Labute approximate surface area is 64.2 Å². The molecular weight excluding hydrogens is 185 g/mol. The molecule has 0 bridgehead atoms. The number of alkyl halides is 4. The number of rotatable bonds is 0. The maximum atomic E-state index is 11.9. The lowest BCUT2D eigenvalue weighted by molar-refractivity contribution is -0.169. The average molecular weight is 187 g/mol. The molecule has 1 amide bonds. The van der Waals surface area contributed by atoms with E-state index < -0.39 is 17.1 Å². The van der Waals surface area contributed by atoms with E-state index >= 15 is 0 Å². The highest BCUT2D eigenvalue weighted by Gasteiger charge is 2.61. The number of carbonyl (C=O) groups is 1. The number of carbonyl (C=O) groups excluding carboxylic acids is 1. The molecule has 1 N–H and O–H groups in total. The van der Waals surface area contributed by atoms with E-state index in [-0.39, 0.29) is 0 Å². The zero-order valence-corrected chi connectivity index (χ0v) is 5.70. The molecule has 0 fully saturated rings. The second-order valence-corrected chi connectivity index (χ2v) is 2.40. The first-order valence-electron chi connectivity index (χ1n) is 2.48. The fraction of sp³-hybridized carbons (Fsp3) is 0.500. The fourth-order valence-electron chi connectivity index (χ4n) is 0.536. The minimum Gasteiger partial charge on any atom is -0.314 e. The second-order valence-electron chi connectivity index (χ2n) is 1.85. The van der Waals surface area contributed by atoms with Crippen molar-refractivity contribution in [1.29, 1.82) is 0 Å². The van der Waals surface area contributed by atoms with Gasteiger partial charge in [0.25, 0.3) is 5.91 Å². The number of hydrogen-bond acceptors (Lipinski definition) is 2. The van der Waals surface area contributed by atoms with Crippen molar-refractivity contribution in [2.24, 2.45) is 4.99 Å². The highest BCUT2D eigenvalue weighted by atomic mass is 35.5. The van der Waals surface area contributed by atoms with Gasteiger partial charge in [0.2, 0.25) is 0 Å². The third-order valence-corrected chi connectivity index (χ3v) is 1.60. The van der Waals surface area contributed by atoms with Crippen molar-refractivity contribution in [3.8, 4) is 0 Å². The quantitative estimate of drug-likeness (QED) is 0.438. The van der Waals surface area contributed by atoms with Gasteiger partial charge in [-0.3, -0.25) is 4.79 Å². The minimum absolute atomic E-state index is 0.628. The lowest BCUT2D eigenvalue weighted by atomic mass is 10.3. The molecule has 1 atom stereocenters. The molecule has 0 saturated heterocycles. The predicted octanol–water partition coefficient (Wildman–Crippen LogP) is 0.642. The van der Waals surface area contributed by atoms with Gasteiger partial charge in [-0.15, -0.1) is 0 Å². The Hall–Kier alpha value is -0.780. The maximum Gasteiger partial charge on any atom is 0.437 e. The van der Waals surface area contributed by atoms with Crippen LogP contribution >= 0.6 is 11.6 Å². The molecule has 0 radical (unpaired) electrons. The molecule has 0 aromatic heterocycles. The van der Waals surface area contributed by atoms with E-state index in [2.05, 4.69) is 4.99 Å². The third kappa shape index (κ3) is 1.07. The molecule has 0 aliphatic carbocycles. The van der Waals surface area contributed by atoms with Crippen LogP contribution in [0.25, 0.3) is 0 Å². The molecule has 0 saturated carbocycles. The summed E-state index contributed by atoms with van der Waals surface area (Å²) in [4.78, 5) is 10.1. The van der Waals surface area contributed by atoms with Crippen LogP contribution in [0.3, 0.4) is 0 Å². The minimum atomic E-state index is -4.86. The van der Waals surface area contributed by atoms with Crippen LogP contribution in [0.5, 0.6) is 0 Å². The lowest BCUT2D eigenvalue weighted by Gasteiger charge is -2.18. The van der Waals surface area contributed by atoms with Crippen LogP contribution in [0.4, 0.5) is 13.2 Å². The van der Waals surface area contributed by atoms with E-state index in [9.17, 15) is 18.0 Å². The molecule has 0 aromatic carbocycles. The van der Waals surface area contributed by atoms with E-state index in [1.54, 1.807) is 5.32 Å². The highest BCUT2D eigenvalue weighted by molar-refractivity contribution is 6.37. The van der Waals surface area contributed by atoms with Crippen molar-refractivity contribution < 1.29 is 18.0 Å². The molecule has 7 heteroatoms. The fourth-order valence-corrected chi connectivity index (χ4v) is 0.639. The van der Waals surface area contributed by atoms with Crippen molar-refractivity contribution in [3.63, 3.8) is 0 Å². The molecule has 62 valence electrons. The Bertz CT molecular complexity index is 226.